The third-order valence-electron chi connectivity index (χ3n) is 2.64. The summed E-state index contributed by atoms with van der Waals surface area (Å²) in [6.07, 6.45) is 0.925. The van der Waals surface area contributed by atoms with Crippen LogP contribution >= 0.6 is 11.8 Å². The van der Waals surface area contributed by atoms with Crippen molar-refractivity contribution >= 4 is 29.3 Å². The fourth-order valence-corrected chi connectivity index (χ4v) is 2.34. The third-order valence-corrected chi connectivity index (χ3v) is 3.84. The molecule has 0 saturated carbocycles. The Morgan fingerprint density at radius 3 is 2.79 bits per heavy atom. The number of carbonyl (C=O) groups is 2. The highest BCUT2D eigenvalue weighted by Gasteiger charge is 2.11. The molecule has 0 heterocycles. The van der Waals surface area contributed by atoms with Crippen molar-refractivity contribution in [2.75, 3.05) is 16.8 Å². The first kappa shape index (κ1) is 15.6. The Bertz CT molecular complexity index is 448. The summed E-state index contributed by atoms with van der Waals surface area (Å²) in [7, 11) is 0. The summed E-state index contributed by atoms with van der Waals surface area (Å²) < 4.78 is 0. The molecule has 104 valence electrons. The number of nitrogens with one attached hydrogen (secondary N) is 1. The molecule has 1 amide bonds. The summed E-state index contributed by atoms with van der Waals surface area (Å²) in [6, 6.07) is 7.72. The fourth-order valence-electron chi connectivity index (χ4n) is 1.47. The Morgan fingerprint density at radius 2 is 2.16 bits per heavy atom. The molecule has 0 radical (unpaired) electrons. The first-order valence-electron chi connectivity index (χ1n) is 6.22. The van der Waals surface area contributed by atoms with E-state index >= 15 is 0 Å². The smallest absolute Gasteiger partial charge is 0.307 e. The predicted molar refractivity (Wildman–Crippen MR) is 78.6 cm³/mol. The lowest BCUT2D eigenvalue weighted by atomic mass is 10.1. The van der Waals surface area contributed by atoms with Crippen LogP contribution < -0.4 is 5.32 Å². The van der Waals surface area contributed by atoms with E-state index in [0.717, 1.165) is 12.1 Å². The Hall–Kier alpha value is -1.49. The fraction of sp³-hybridized carbons (Fsp3) is 0.429. The maximum atomic E-state index is 11.7. The summed E-state index contributed by atoms with van der Waals surface area (Å²) in [4.78, 5) is 22.3. The van der Waals surface area contributed by atoms with Gasteiger partial charge in [0.1, 0.15) is 0 Å². The Morgan fingerprint density at radius 1 is 1.42 bits per heavy atom. The van der Waals surface area contributed by atoms with Crippen LogP contribution in [0, 0.1) is 5.92 Å². The van der Waals surface area contributed by atoms with Crippen molar-refractivity contribution in [1.29, 1.82) is 0 Å². The maximum absolute atomic E-state index is 11.7. The highest BCUT2D eigenvalue weighted by Crippen LogP contribution is 2.13. The Kier molecular flexibility index (Phi) is 6.42. The zero-order valence-corrected chi connectivity index (χ0v) is 12.0. The van der Waals surface area contributed by atoms with Gasteiger partial charge in [0.15, 0.2) is 0 Å². The molecule has 0 fully saturated rings. The summed E-state index contributed by atoms with van der Waals surface area (Å²) in [5, 5.41) is 11.5. The molecule has 0 aliphatic rings. The summed E-state index contributed by atoms with van der Waals surface area (Å²) >= 11 is 1.33. The largest absolute Gasteiger partial charge is 0.481 e. The molecule has 2 N–H and O–H groups in total. The van der Waals surface area contributed by atoms with Crippen molar-refractivity contribution in [3.05, 3.63) is 29.8 Å². The zero-order chi connectivity index (χ0) is 14.3. The van der Waals surface area contributed by atoms with Gasteiger partial charge in [0, 0.05) is 11.4 Å². The highest BCUT2D eigenvalue weighted by molar-refractivity contribution is 8.00. The van der Waals surface area contributed by atoms with Crippen LogP contribution in [0.4, 0.5) is 5.69 Å². The summed E-state index contributed by atoms with van der Waals surface area (Å²) in [5.41, 5.74) is 1.96. The molecule has 1 rings (SSSR count). The average molecular weight is 281 g/mol. The number of anilines is 1. The first-order valence-corrected chi connectivity index (χ1v) is 7.37. The number of carboxylic acids is 1. The van der Waals surface area contributed by atoms with Crippen LogP contribution in [0.15, 0.2) is 24.3 Å². The van der Waals surface area contributed by atoms with Gasteiger partial charge in [-0.3, -0.25) is 9.59 Å². The summed E-state index contributed by atoms with van der Waals surface area (Å²) in [5.74, 6) is -0.647. The molecule has 1 atom stereocenters. The minimum absolute atomic E-state index is 0.101. The molecule has 5 heteroatoms. The van der Waals surface area contributed by atoms with Gasteiger partial charge in [-0.2, -0.15) is 11.8 Å². The van der Waals surface area contributed by atoms with E-state index in [2.05, 4.69) is 12.2 Å². The molecule has 0 spiro atoms. The van der Waals surface area contributed by atoms with Crippen LogP contribution in [0.25, 0.3) is 0 Å². The SMILES string of the molecule is CCc1cccc(NC(=O)CSCC(C)C(=O)O)c1. The number of thioether (sulfide) groups is 1. The maximum Gasteiger partial charge on any atom is 0.307 e. The normalized spacial score (nSPS) is 11.9. The van der Waals surface area contributed by atoms with Gasteiger partial charge in [-0.15, -0.1) is 0 Å². The van der Waals surface area contributed by atoms with E-state index in [4.69, 9.17) is 5.11 Å². The zero-order valence-electron chi connectivity index (χ0n) is 11.2. The molecule has 19 heavy (non-hydrogen) atoms. The number of aryl methyl sites for hydroxylation is 1. The number of rotatable bonds is 7. The van der Waals surface area contributed by atoms with Gasteiger partial charge in [-0.05, 0) is 24.1 Å². The van der Waals surface area contributed by atoms with Crippen molar-refractivity contribution in [3.8, 4) is 0 Å². The van der Waals surface area contributed by atoms with Crippen molar-refractivity contribution in [3.63, 3.8) is 0 Å². The van der Waals surface area contributed by atoms with Gasteiger partial charge >= 0.3 is 5.97 Å². The van der Waals surface area contributed by atoms with Gasteiger partial charge < -0.3 is 10.4 Å². The van der Waals surface area contributed by atoms with E-state index in [9.17, 15) is 9.59 Å². The van der Waals surface area contributed by atoms with Crippen LogP contribution in [-0.4, -0.2) is 28.5 Å². The number of carboxylic acid groups (broad SMARTS) is 1. The molecular formula is C14H19NO3S. The van der Waals surface area contributed by atoms with Gasteiger partial charge in [-0.25, -0.2) is 0 Å². The molecule has 1 unspecified atom stereocenters. The number of hydrogen-bond acceptors (Lipinski definition) is 3. The molecule has 0 aliphatic carbocycles. The first-order chi connectivity index (χ1) is 9.02. The van der Waals surface area contributed by atoms with Crippen LogP contribution in [0.5, 0.6) is 0 Å². The molecule has 0 saturated heterocycles. The van der Waals surface area contributed by atoms with E-state index < -0.39 is 11.9 Å². The monoisotopic (exact) mass is 281 g/mol. The van der Waals surface area contributed by atoms with E-state index in [1.807, 2.05) is 24.3 Å². The second-order valence-corrected chi connectivity index (χ2v) is 5.39. The molecule has 0 aliphatic heterocycles. The molecule has 0 aromatic heterocycles. The van der Waals surface area contributed by atoms with Gasteiger partial charge in [0.25, 0.3) is 0 Å². The van der Waals surface area contributed by atoms with Crippen molar-refractivity contribution in [1.82, 2.24) is 0 Å². The van der Waals surface area contributed by atoms with E-state index in [0.29, 0.717) is 5.75 Å². The van der Waals surface area contributed by atoms with E-state index in [-0.39, 0.29) is 11.7 Å². The molecule has 1 aromatic rings. The second kappa shape index (κ2) is 7.84. The lowest BCUT2D eigenvalue weighted by Gasteiger charge is -2.08. The number of hydrogen-bond donors (Lipinski definition) is 2. The molecule has 4 nitrogen and oxygen atoms in total. The number of amides is 1. The van der Waals surface area contributed by atoms with Crippen molar-refractivity contribution in [2.45, 2.75) is 20.3 Å². The van der Waals surface area contributed by atoms with Crippen LogP contribution in [-0.2, 0) is 16.0 Å². The quantitative estimate of drug-likeness (QED) is 0.806. The minimum atomic E-state index is -0.830. The number of aliphatic carboxylic acids is 1. The second-order valence-electron chi connectivity index (χ2n) is 4.36. The molecule has 1 aromatic carbocycles. The van der Waals surface area contributed by atoms with Gasteiger partial charge in [0.2, 0.25) is 5.91 Å². The van der Waals surface area contributed by atoms with Crippen LogP contribution in [0.3, 0.4) is 0 Å². The topological polar surface area (TPSA) is 66.4 Å². The number of carbonyl (C=O) groups excluding carboxylic acids is 1. The molecular weight excluding hydrogens is 262 g/mol. The number of benzene rings is 1. The third kappa shape index (κ3) is 5.79. The minimum Gasteiger partial charge on any atom is -0.481 e. The molecule has 0 bridgehead atoms. The van der Waals surface area contributed by atoms with Crippen LogP contribution in [0.1, 0.15) is 19.4 Å². The van der Waals surface area contributed by atoms with Crippen molar-refractivity contribution < 1.29 is 14.7 Å². The Labute approximate surface area is 117 Å². The average Bonchev–Trinajstić information content (AvgIpc) is 2.38. The lowest BCUT2D eigenvalue weighted by molar-refractivity contribution is -0.140. The van der Waals surface area contributed by atoms with E-state index in [1.165, 1.54) is 17.3 Å². The van der Waals surface area contributed by atoms with Gasteiger partial charge in [-0.1, -0.05) is 26.0 Å². The highest BCUT2D eigenvalue weighted by atomic mass is 32.2. The lowest BCUT2D eigenvalue weighted by Crippen LogP contribution is -2.17. The Balaban J connectivity index is 2.36. The van der Waals surface area contributed by atoms with Gasteiger partial charge in [0.05, 0.1) is 11.7 Å². The standard InChI is InChI=1S/C14H19NO3S/c1-3-11-5-4-6-12(7-11)15-13(16)9-19-8-10(2)14(17)18/h4-7,10H,3,8-9H2,1-2H3,(H,15,16)(H,17,18). The van der Waals surface area contributed by atoms with Crippen molar-refractivity contribution in [2.24, 2.45) is 5.92 Å². The predicted octanol–water partition coefficient (Wildman–Crippen LogP) is 2.64. The summed E-state index contributed by atoms with van der Waals surface area (Å²) in [6.45, 7) is 3.70. The van der Waals surface area contributed by atoms with E-state index in [1.54, 1.807) is 6.92 Å². The van der Waals surface area contributed by atoms with Crippen LogP contribution in [0.2, 0.25) is 0 Å².